The maximum atomic E-state index is 12.8. The highest BCUT2D eigenvalue weighted by atomic mass is 35.5. The van der Waals surface area contributed by atoms with E-state index in [2.05, 4.69) is 10.3 Å². The van der Waals surface area contributed by atoms with Gasteiger partial charge in [-0.3, -0.25) is 9.48 Å². The standard InChI is InChI=1S/C11H13ClN4O5S/c1-11(5-15-3-2-13-14-15)9(10(18)21-6-12)16-7(17)4-8(16)22(11,19)20/h2-3,8-9H,4-6H2,1H3/t8-,9-,11-/m0/s1. The number of ether oxygens (including phenoxy) is 1. The van der Waals surface area contributed by atoms with Crippen molar-refractivity contribution < 1.29 is 22.7 Å². The highest BCUT2D eigenvalue weighted by Crippen LogP contribution is 2.47. The fourth-order valence-electron chi connectivity index (χ4n) is 3.04. The Morgan fingerprint density at radius 3 is 2.86 bits per heavy atom. The molecule has 0 bridgehead atoms. The summed E-state index contributed by atoms with van der Waals surface area (Å²) in [7, 11) is -3.78. The highest BCUT2D eigenvalue weighted by Gasteiger charge is 2.70. The van der Waals surface area contributed by atoms with Crippen LogP contribution in [-0.2, 0) is 30.7 Å². The second kappa shape index (κ2) is 4.92. The van der Waals surface area contributed by atoms with Crippen LogP contribution in [-0.4, -0.2) is 62.4 Å². The van der Waals surface area contributed by atoms with Gasteiger partial charge in [-0.1, -0.05) is 16.8 Å². The van der Waals surface area contributed by atoms with Crippen LogP contribution in [0.3, 0.4) is 0 Å². The Bertz CT molecular complexity index is 721. The van der Waals surface area contributed by atoms with E-state index in [-0.39, 0.29) is 13.0 Å². The lowest BCUT2D eigenvalue weighted by atomic mass is 9.96. The number of sulfone groups is 1. The number of β-lactam (4-membered cyclic amide) rings is 1. The van der Waals surface area contributed by atoms with Gasteiger partial charge in [-0.05, 0) is 6.92 Å². The van der Waals surface area contributed by atoms with Crippen molar-refractivity contribution in [3.63, 3.8) is 0 Å². The van der Waals surface area contributed by atoms with Crippen LogP contribution in [0, 0.1) is 0 Å². The second-order valence-electron chi connectivity index (χ2n) is 5.39. The number of amides is 1. The van der Waals surface area contributed by atoms with E-state index in [4.69, 9.17) is 16.3 Å². The largest absolute Gasteiger partial charge is 0.448 e. The molecule has 0 spiro atoms. The lowest BCUT2D eigenvalue weighted by Gasteiger charge is -2.36. The number of nitrogens with zero attached hydrogens (tertiary/aromatic N) is 4. The molecule has 0 saturated carbocycles. The number of hydrogen-bond donors (Lipinski definition) is 0. The van der Waals surface area contributed by atoms with Gasteiger partial charge in [0.1, 0.15) is 10.1 Å². The van der Waals surface area contributed by atoms with Crippen LogP contribution >= 0.6 is 11.6 Å². The first-order chi connectivity index (χ1) is 10.3. The summed E-state index contributed by atoms with van der Waals surface area (Å²) in [4.78, 5) is 25.1. The number of carbonyl (C=O) groups is 2. The van der Waals surface area contributed by atoms with E-state index in [0.29, 0.717) is 0 Å². The van der Waals surface area contributed by atoms with Crippen LogP contribution in [0.1, 0.15) is 13.3 Å². The Morgan fingerprint density at radius 1 is 1.59 bits per heavy atom. The van der Waals surface area contributed by atoms with Crippen molar-refractivity contribution in [3.8, 4) is 0 Å². The predicted molar refractivity (Wildman–Crippen MR) is 73.2 cm³/mol. The van der Waals surface area contributed by atoms with E-state index in [1.165, 1.54) is 24.0 Å². The lowest BCUT2D eigenvalue weighted by molar-refractivity contribution is -0.160. The molecule has 1 aromatic heterocycles. The van der Waals surface area contributed by atoms with Gasteiger partial charge in [0.2, 0.25) is 5.91 Å². The van der Waals surface area contributed by atoms with Crippen molar-refractivity contribution in [1.29, 1.82) is 0 Å². The first-order valence-electron chi connectivity index (χ1n) is 6.44. The normalized spacial score (nSPS) is 32.5. The van der Waals surface area contributed by atoms with E-state index < -0.39 is 43.9 Å². The molecule has 2 aliphatic heterocycles. The summed E-state index contributed by atoms with van der Waals surface area (Å²) in [6.07, 6.45) is 2.76. The third-order valence-corrected chi connectivity index (χ3v) is 7.05. The zero-order valence-corrected chi connectivity index (χ0v) is 13.1. The molecule has 0 radical (unpaired) electrons. The zero-order valence-electron chi connectivity index (χ0n) is 11.5. The predicted octanol–water partition coefficient (Wildman–Crippen LogP) is -0.868. The number of esters is 1. The van der Waals surface area contributed by atoms with E-state index in [1.807, 2.05) is 0 Å². The van der Waals surface area contributed by atoms with Crippen molar-refractivity contribution in [2.75, 3.05) is 6.07 Å². The van der Waals surface area contributed by atoms with Gasteiger partial charge in [-0.2, -0.15) is 0 Å². The van der Waals surface area contributed by atoms with Crippen LogP contribution in [0.4, 0.5) is 0 Å². The number of fused-ring (bicyclic) bond motifs is 1. The number of aromatic nitrogens is 3. The van der Waals surface area contributed by atoms with Gasteiger partial charge in [0.25, 0.3) is 0 Å². The Balaban J connectivity index is 2.06. The monoisotopic (exact) mass is 348 g/mol. The summed E-state index contributed by atoms with van der Waals surface area (Å²) >= 11 is 5.40. The molecule has 2 aliphatic rings. The van der Waals surface area contributed by atoms with E-state index in [9.17, 15) is 18.0 Å². The summed E-state index contributed by atoms with van der Waals surface area (Å²) in [5, 5.41) is 6.36. The summed E-state index contributed by atoms with van der Waals surface area (Å²) < 4.78 is 30.1. The molecule has 11 heteroatoms. The fourth-order valence-corrected chi connectivity index (χ4v) is 5.50. The Hall–Kier alpha value is -1.68. The molecule has 0 aliphatic carbocycles. The molecule has 3 heterocycles. The molecule has 22 heavy (non-hydrogen) atoms. The minimum Gasteiger partial charge on any atom is -0.448 e. The van der Waals surface area contributed by atoms with Crippen LogP contribution in [0.15, 0.2) is 12.4 Å². The molecule has 1 amide bonds. The summed E-state index contributed by atoms with van der Waals surface area (Å²) in [6.45, 7) is 1.30. The van der Waals surface area contributed by atoms with Gasteiger partial charge >= 0.3 is 5.97 Å². The number of halogens is 1. The second-order valence-corrected chi connectivity index (χ2v) is 8.18. The smallest absolute Gasteiger partial charge is 0.331 e. The minimum atomic E-state index is -3.78. The maximum Gasteiger partial charge on any atom is 0.331 e. The number of carbonyl (C=O) groups excluding carboxylic acids is 2. The zero-order chi connectivity index (χ0) is 16.1. The highest BCUT2D eigenvalue weighted by molar-refractivity contribution is 7.93. The Morgan fingerprint density at radius 2 is 2.32 bits per heavy atom. The van der Waals surface area contributed by atoms with Crippen molar-refractivity contribution >= 4 is 33.3 Å². The number of alkyl halides is 1. The third-order valence-electron chi connectivity index (χ3n) is 4.18. The topological polar surface area (TPSA) is 111 Å². The molecular formula is C11H13ClN4O5S. The van der Waals surface area contributed by atoms with Crippen LogP contribution in [0.25, 0.3) is 0 Å². The minimum absolute atomic E-state index is 0.113. The third kappa shape index (κ3) is 1.86. The van der Waals surface area contributed by atoms with Crippen molar-refractivity contribution in [1.82, 2.24) is 19.9 Å². The van der Waals surface area contributed by atoms with E-state index in [0.717, 1.165) is 4.90 Å². The van der Waals surface area contributed by atoms with Crippen LogP contribution in [0.5, 0.6) is 0 Å². The lowest BCUT2D eigenvalue weighted by Crippen LogP contribution is -2.58. The molecule has 3 rings (SSSR count). The van der Waals surface area contributed by atoms with Gasteiger partial charge < -0.3 is 9.64 Å². The molecule has 2 fully saturated rings. The van der Waals surface area contributed by atoms with E-state index >= 15 is 0 Å². The van der Waals surface area contributed by atoms with Crippen LogP contribution < -0.4 is 0 Å². The van der Waals surface area contributed by atoms with Crippen molar-refractivity contribution in [3.05, 3.63) is 12.4 Å². The Labute approximate surface area is 131 Å². The van der Waals surface area contributed by atoms with Crippen molar-refractivity contribution in [2.24, 2.45) is 0 Å². The van der Waals surface area contributed by atoms with Gasteiger partial charge in [0, 0.05) is 6.20 Å². The SMILES string of the molecule is C[C@]1(Cn2ccnn2)[C@H](C(=O)OCCl)N2C(=O)C[C@@H]2S1(=O)=O. The first-order valence-corrected chi connectivity index (χ1v) is 8.52. The Kier molecular flexibility index (Phi) is 3.40. The molecular weight excluding hydrogens is 336 g/mol. The van der Waals surface area contributed by atoms with Gasteiger partial charge in [0.05, 0.1) is 19.2 Å². The van der Waals surface area contributed by atoms with Gasteiger partial charge in [-0.25, -0.2) is 13.2 Å². The van der Waals surface area contributed by atoms with Gasteiger partial charge in [-0.15, -0.1) is 5.10 Å². The molecule has 9 nitrogen and oxygen atoms in total. The summed E-state index contributed by atoms with van der Waals surface area (Å²) in [5.41, 5.74) is 0. The molecule has 0 unspecified atom stereocenters. The summed E-state index contributed by atoms with van der Waals surface area (Å²) in [5.74, 6) is -1.23. The van der Waals surface area contributed by atoms with Crippen LogP contribution in [0.2, 0.25) is 0 Å². The fraction of sp³-hybridized carbons (Fsp3) is 0.636. The average molecular weight is 349 g/mol. The molecule has 1 aromatic rings. The molecule has 2 saturated heterocycles. The first kappa shape index (κ1) is 15.2. The number of rotatable bonds is 4. The van der Waals surface area contributed by atoms with E-state index in [1.54, 1.807) is 0 Å². The average Bonchev–Trinajstić information content (AvgIpc) is 2.97. The molecule has 0 aromatic carbocycles. The quantitative estimate of drug-likeness (QED) is 0.395. The van der Waals surface area contributed by atoms with Crippen molar-refractivity contribution in [2.45, 2.75) is 36.1 Å². The maximum absolute atomic E-state index is 12.8. The number of hydrogen-bond acceptors (Lipinski definition) is 7. The molecule has 3 atom stereocenters. The summed E-state index contributed by atoms with van der Waals surface area (Å²) in [6, 6.07) is -1.66. The molecule has 120 valence electrons. The molecule has 0 N–H and O–H groups in total. The van der Waals surface area contributed by atoms with Gasteiger partial charge in [0.15, 0.2) is 21.9 Å².